The Morgan fingerprint density at radius 1 is 1.00 bits per heavy atom. The molecule has 1 saturated heterocycles. The van der Waals surface area contributed by atoms with E-state index in [9.17, 15) is 9.59 Å². The molecule has 0 bridgehead atoms. The van der Waals surface area contributed by atoms with E-state index in [0.717, 1.165) is 5.69 Å². The second-order valence-corrected chi connectivity index (χ2v) is 5.83. The molecule has 0 unspecified atom stereocenters. The van der Waals surface area contributed by atoms with Gasteiger partial charge in [0.1, 0.15) is 6.04 Å². The molecule has 1 fully saturated rings. The van der Waals surface area contributed by atoms with E-state index in [1.807, 2.05) is 0 Å². The molecule has 0 saturated carbocycles. The van der Waals surface area contributed by atoms with Gasteiger partial charge in [-0.05, 0) is 42.5 Å². The summed E-state index contributed by atoms with van der Waals surface area (Å²) in [5.41, 5.74) is 1.23. The first-order chi connectivity index (χ1) is 10.5. The second-order valence-electron chi connectivity index (χ2n) is 4.96. The number of halogens is 2. The Hall–Kier alpha value is -2.04. The summed E-state index contributed by atoms with van der Waals surface area (Å²) in [6.45, 7) is 0. The van der Waals surface area contributed by atoms with Crippen LogP contribution < -0.4 is 10.2 Å². The maximum Gasteiger partial charge on any atom is 0.256 e. The van der Waals surface area contributed by atoms with Crippen LogP contribution in [0.1, 0.15) is 6.42 Å². The highest BCUT2D eigenvalue weighted by molar-refractivity contribution is 6.31. The summed E-state index contributed by atoms with van der Waals surface area (Å²) < 4.78 is 0. The summed E-state index contributed by atoms with van der Waals surface area (Å²) >= 11 is 11.8. The summed E-state index contributed by atoms with van der Waals surface area (Å²) in [5, 5.41) is 4.15. The Morgan fingerprint density at radius 2 is 1.73 bits per heavy atom. The summed E-state index contributed by atoms with van der Waals surface area (Å²) in [5.74, 6) is -0.541. The van der Waals surface area contributed by atoms with Crippen molar-refractivity contribution >= 4 is 46.4 Å². The number of amides is 2. The number of hydrogen-bond donors (Lipinski definition) is 1. The fourth-order valence-electron chi connectivity index (χ4n) is 2.38. The number of benzene rings is 2. The lowest BCUT2D eigenvalue weighted by Gasteiger charge is -2.16. The van der Waals surface area contributed by atoms with Crippen molar-refractivity contribution in [3.05, 3.63) is 58.6 Å². The second kappa shape index (κ2) is 5.99. The predicted octanol–water partition coefficient (Wildman–Crippen LogP) is 3.74. The third-order valence-electron chi connectivity index (χ3n) is 3.40. The van der Waals surface area contributed by atoms with Gasteiger partial charge in [-0.1, -0.05) is 29.3 Å². The SMILES string of the molecule is O=C1C[C@@H](Nc2ccc(Cl)cc2)C(=O)N1c1cccc(Cl)c1. The van der Waals surface area contributed by atoms with Crippen molar-refractivity contribution in [2.45, 2.75) is 12.5 Å². The van der Waals surface area contributed by atoms with Crippen LogP contribution in [-0.4, -0.2) is 17.9 Å². The van der Waals surface area contributed by atoms with Crippen LogP contribution in [0.2, 0.25) is 10.0 Å². The van der Waals surface area contributed by atoms with Gasteiger partial charge >= 0.3 is 0 Å². The highest BCUT2D eigenvalue weighted by atomic mass is 35.5. The molecule has 2 aromatic rings. The molecule has 0 radical (unpaired) electrons. The maximum absolute atomic E-state index is 12.5. The van der Waals surface area contributed by atoms with E-state index in [-0.39, 0.29) is 18.2 Å². The quantitative estimate of drug-likeness (QED) is 0.870. The summed E-state index contributed by atoms with van der Waals surface area (Å²) in [6.07, 6.45) is 0.105. The molecule has 22 heavy (non-hydrogen) atoms. The van der Waals surface area contributed by atoms with Crippen LogP contribution >= 0.6 is 23.2 Å². The average molecular weight is 335 g/mol. The standard InChI is InChI=1S/C16H12Cl2N2O2/c17-10-4-6-12(7-5-10)19-14-9-15(21)20(16(14)22)13-3-1-2-11(18)8-13/h1-8,14,19H,9H2/t14-/m1/s1. The predicted molar refractivity (Wildman–Crippen MR) is 87.4 cm³/mol. The Kier molecular flexibility index (Phi) is 4.05. The first kappa shape index (κ1) is 14.9. The molecule has 0 spiro atoms. The molecule has 1 atom stereocenters. The van der Waals surface area contributed by atoms with Crippen LogP contribution in [-0.2, 0) is 9.59 Å². The number of anilines is 2. The minimum absolute atomic E-state index is 0.105. The van der Waals surface area contributed by atoms with Gasteiger partial charge < -0.3 is 5.32 Å². The molecule has 6 heteroatoms. The van der Waals surface area contributed by atoms with Crippen molar-refractivity contribution in [2.24, 2.45) is 0 Å². The monoisotopic (exact) mass is 334 g/mol. The van der Waals surface area contributed by atoms with Gasteiger partial charge in [0.05, 0.1) is 12.1 Å². The minimum atomic E-state index is -0.590. The lowest BCUT2D eigenvalue weighted by Crippen LogP contribution is -2.34. The van der Waals surface area contributed by atoms with Crippen molar-refractivity contribution in [3.8, 4) is 0 Å². The maximum atomic E-state index is 12.5. The number of imide groups is 1. The number of nitrogens with zero attached hydrogens (tertiary/aromatic N) is 1. The van der Waals surface area contributed by atoms with Crippen molar-refractivity contribution in [2.75, 3.05) is 10.2 Å². The zero-order chi connectivity index (χ0) is 15.7. The average Bonchev–Trinajstić information content (AvgIpc) is 2.76. The molecule has 112 valence electrons. The minimum Gasteiger partial charge on any atom is -0.373 e. The number of rotatable bonds is 3. The first-order valence-corrected chi connectivity index (χ1v) is 7.44. The molecule has 4 nitrogen and oxygen atoms in total. The fraction of sp³-hybridized carbons (Fsp3) is 0.125. The first-order valence-electron chi connectivity index (χ1n) is 6.69. The molecular weight excluding hydrogens is 323 g/mol. The van der Waals surface area contributed by atoms with E-state index in [1.165, 1.54) is 4.90 Å². The topological polar surface area (TPSA) is 49.4 Å². The van der Waals surface area contributed by atoms with Gasteiger partial charge in [0, 0.05) is 15.7 Å². The van der Waals surface area contributed by atoms with Crippen LogP contribution in [0, 0.1) is 0 Å². The number of nitrogens with one attached hydrogen (secondary N) is 1. The van der Waals surface area contributed by atoms with Crippen molar-refractivity contribution in [1.29, 1.82) is 0 Å². The molecule has 2 amide bonds. The van der Waals surface area contributed by atoms with Crippen LogP contribution in [0.15, 0.2) is 48.5 Å². The van der Waals surface area contributed by atoms with E-state index in [2.05, 4.69) is 5.32 Å². The van der Waals surface area contributed by atoms with E-state index in [1.54, 1.807) is 48.5 Å². The van der Waals surface area contributed by atoms with Crippen molar-refractivity contribution < 1.29 is 9.59 Å². The molecular formula is C16H12Cl2N2O2. The van der Waals surface area contributed by atoms with E-state index < -0.39 is 6.04 Å². The Morgan fingerprint density at radius 3 is 2.41 bits per heavy atom. The lowest BCUT2D eigenvalue weighted by molar-refractivity contribution is -0.121. The Labute approximate surface area is 137 Å². The van der Waals surface area contributed by atoms with Gasteiger partial charge in [-0.15, -0.1) is 0 Å². The van der Waals surface area contributed by atoms with Crippen molar-refractivity contribution in [1.82, 2.24) is 0 Å². The smallest absolute Gasteiger partial charge is 0.256 e. The van der Waals surface area contributed by atoms with E-state index in [4.69, 9.17) is 23.2 Å². The number of carbonyl (C=O) groups excluding carboxylic acids is 2. The largest absolute Gasteiger partial charge is 0.373 e. The molecule has 0 aromatic heterocycles. The molecule has 1 N–H and O–H groups in total. The highest BCUT2D eigenvalue weighted by Gasteiger charge is 2.39. The summed E-state index contributed by atoms with van der Waals surface area (Å²) in [4.78, 5) is 25.8. The number of carbonyl (C=O) groups is 2. The van der Waals surface area contributed by atoms with Crippen LogP contribution in [0.25, 0.3) is 0 Å². The number of hydrogen-bond acceptors (Lipinski definition) is 3. The van der Waals surface area contributed by atoms with Crippen LogP contribution in [0.5, 0.6) is 0 Å². The zero-order valence-electron chi connectivity index (χ0n) is 11.4. The highest BCUT2D eigenvalue weighted by Crippen LogP contribution is 2.27. The van der Waals surface area contributed by atoms with E-state index >= 15 is 0 Å². The Bertz CT molecular complexity index is 731. The molecule has 1 aliphatic heterocycles. The fourth-order valence-corrected chi connectivity index (χ4v) is 2.69. The molecule has 2 aromatic carbocycles. The van der Waals surface area contributed by atoms with Gasteiger partial charge in [-0.25, -0.2) is 4.90 Å². The zero-order valence-corrected chi connectivity index (χ0v) is 12.9. The van der Waals surface area contributed by atoms with Crippen LogP contribution in [0.4, 0.5) is 11.4 Å². The van der Waals surface area contributed by atoms with Crippen LogP contribution in [0.3, 0.4) is 0 Å². The van der Waals surface area contributed by atoms with Gasteiger partial charge in [-0.2, -0.15) is 0 Å². The summed E-state index contributed by atoms with van der Waals surface area (Å²) in [7, 11) is 0. The summed E-state index contributed by atoms with van der Waals surface area (Å²) in [6, 6.07) is 13.1. The van der Waals surface area contributed by atoms with Gasteiger partial charge in [-0.3, -0.25) is 9.59 Å². The normalized spacial score (nSPS) is 17.9. The van der Waals surface area contributed by atoms with Gasteiger partial charge in [0.2, 0.25) is 5.91 Å². The molecule has 0 aliphatic carbocycles. The van der Waals surface area contributed by atoms with Crippen molar-refractivity contribution in [3.63, 3.8) is 0 Å². The van der Waals surface area contributed by atoms with Gasteiger partial charge in [0.15, 0.2) is 0 Å². The molecule has 3 rings (SSSR count). The molecule has 1 heterocycles. The third kappa shape index (κ3) is 2.93. The third-order valence-corrected chi connectivity index (χ3v) is 3.89. The molecule has 1 aliphatic rings. The van der Waals surface area contributed by atoms with E-state index in [0.29, 0.717) is 15.7 Å². The van der Waals surface area contributed by atoms with Gasteiger partial charge in [0.25, 0.3) is 5.91 Å². The Balaban J connectivity index is 1.81. The lowest BCUT2D eigenvalue weighted by atomic mass is 10.2.